The third-order valence-electron chi connectivity index (χ3n) is 7.54. The number of aliphatic hydroxyl groups is 1. The smallest absolute Gasteiger partial charge is 0.330 e. The van der Waals surface area contributed by atoms with E-state index in [1.807, 2.05) is 43.3 Å². The summed E-state index contributed by atoms with van der Waals surface area (Å²) < 4.78 is 20.9. The number of aromatic amines is 1. The average molecular weight is 509 g/mol. The number of rotatable bonds is 6. The molecule has 190 valence electrons. The Labute approximate surface area is 210 Å². The molecule has 0 radical (unpaired) electrons. The summed E-state index contributed by atoms with van der Waals surface area (Å²) in [5.74, 6) is 0. The lowest BCUT2D eigenvalue weighted by molar-refractivity contribution is -0.216. The minimum atomic E-state index is -2.90. The van der Waals surface area contributed by atoms with E-state index in [0.717, 1.165) is 10.4 Å². The summed E-state index contributed by atoms with van der Waals surface area (Å²) >= 11 is 0. The highest BCUT2D eigenvalue weighted by Gasteiger charge is 2.67. The van der Waals surface area contributed by atoms with Crippen LogP contribution in [0.4, 0.5) is 0 Å². The van der Waals surface area contributed by atoms with Crippen LogP contribution >= 0.6 is 0 Å². The maximum Gasteiger partial charge on any atom is 0.330 e. The highest BCUT2D eigenvalue weighted by Crippen LogP contribution is 2.49. The van der Waals surface area contributed by atoms with E-state index in [1.165, 1.54) is 16.8 Å². The minimum Gasteiger partial charge on any atom is -0.404 e. The fourth-order valence-electron chi connectivity index (χ4n) is 5.69. The molecule has 3 heterocycles. The van der Waals surface area contributed by atoms with E-state index in [1.54, 1.807) is 0 Å². The Morgan fingerprint density at radius 2 is 1.61 bits per heavy atom. The van der Waals surface area contributed by atoms with Crippen molar-refractivity contribution in [3.63, 3.8) is 0 Å². The molecule has 0 spiro atoms. The summed E-state index contributed by atoms with van der Waals surface area (Å²) in [6.07, 6.45) is -1.78. The lowest BCUT2D eigenvalue weighted by atomic mass is 9.94. The van der Waals surface area contributed by atoms with Crippen molar-refractivity contribution in [2.24, 2.45) is 0 Å². The van der Waals surface area contributed by atoms with Crippen molar-refractivity contribution in [3.8, 4) is 0 Å². The van der Waals surface area contributed by atoms with Gasteiger partial charge in [0, 0.05) is 12.3 Å². The SMILES string of the molecule is C[C@@H]1O[C@H]2[C@H](n3ccc(=O)[nH]c3=O)O[C@]1(CO[Si](c1ccccc1)(c1ccccc1)C(C)(C)C)[C@H]2O. The zero-order valence-electron chi connectivity index (χ0n) is 20.9. The fraction of sp³-hybridized carbons (Fsp3) is 0.407. The molecule has 2 bridgehead atoms. The summed E-state index contributed by atoms with van der Waals surface area (Å²) in [5, 5.41) is 13.3. The number of aromatic nitrogens is 2. The van der Waals surface area contributed by atoms with E-state index in [-0.39, 0.29) is 11.6 Å². The third kappa shape index (κ3) is 3.74. The van der Waals surface area contributed by atoms with Gasteiger partial charge < -0.3 is 19.0 Å². The number of nitrogens with one attached hydrogen (secondary N) is 1. The standard InChI is InChI=1S/C27H32N2O6Si/c1-18-27(23(31)22(34-18)24(35-27)29-16-15-21(30)28-25(29)32)17-33-36(26(2,3)4,19-11-7-5-8-12-19)20-13-9-6-10-14-20/h5-16,18,22-24,31H,17H2,1-4H3,(H,28,30,32)/t18-,22+,23-,24+,27-/m0/s1. The molecule has 2 fully saturated rings. The van der Waals surface area contributed by atoms with Crippen molar-refractivity contribution in [1.29, 1.82) is 0 Å². The van der Waals surface area contributed by atoms with Crippen LogP contribution in [-0.2, 0) is 13.9 Å². The molecule has 2 saturated heterocycles. The first-order chi connectivity index (χ1) is 17.1. The summed E-state index contributed by atoms with van der Waals surface area (Å²) in [6, 6.07) is 21.7. The van der Waals surface area contributed by atoms with Gasteiger partial charge in [-0.25, -0.2) is 4.79 Å². The van der Waals surface area contributed by atoms with Gasteiger partial charge in [0.05, 0.1) is 12.7 Å². The monoisotopic (exact) mass is 508 g/mol. The van der Waals surface area contributed by atoms with Crippen LogP contribution in [-0.4, -0.2) is 53.5 Å². The van der Waals surface area contributed by atoms with Gasteiger partial charge in [0.1, 0.15) is 17.8 Å². The van der Waals surface area contributed by atoms with E-state index in [9.17, 15) is 14.7 Å². The van der Waals surface area contributed by atoms with Crippen LogP contribution in [0, 0.1) is 0 Å². The van der Waals surface area contributed by atoms with Crippen molar-refractivity contribution >= 4 is 18.7 Å². The number of hydrogen-bond donors (Lipinski definition) is 2. The number of ether oxygens (including phenoxy) is 2. The van der Waals surface area contributed by atoms with Crippen LogP contribution in [0.5, 0.6) is 0 Å². The van der Waals surface area contributed by atoms with Crippen LogP contribution in [0.25, 0.3) is 0 Å². The molecule has 2 aromatic carbocycles. The number of benzene rings is 2. The highest BCUT2D eigenvalue weighted by molar-refractivity contribution is 6.99. The van der Waals surface area contributed by atoms with E-state index < -0.39 is 49.7 Å². The fourth-order valence-corrected chi connectivity index (χ4v) is 10.3. The van der Waals surface area contributed by atoms with Crippen molar-refractivity contribution < 1.29 is 19.0 Å². The molecule has 36 heavy (non-hydrogen) atoms. The Hall–Kier alpha value is -2.82. The molecule has 9 heteroatoms. The molecule has 0 saturated carbocycles. The molecule has 2 aliphatic rings. The van der Waals surface area contributed by atoms with Crippen LogP contribution in [0.2, 0.25) is 5.04 Å². The van der Waals surface area contributed by atoms with E-state index in [0.29, 0.717) is 0 Å². The quantitative estimate of drug-likeness (QED) is 0.490. The highest BCUT2D eigenvalue weighted by atomic mass is 28.4. The van der Waals surface area contributed by atoms with Crippen molar-refractivity contribution in [3.05, 3.63) is 93.8 Å². The number of aliphatic hydroxyl groups excluding tert-OH is 1. The average Bonchev–Trinajstić information content (AvgIpc) is 3.25. The predicted octanol–water partition coefficient (Wildman–Crippen LogP) is 1.53. The molecule has 3 aromatic rings. The van der Waals surface area contributed by atoms with Crippen LogP contribution in [0.1, 0.15) is 33.9 Å². The summed E-state index contributed by atoms with van der Waals surface area (Å²) in [5.41, 5.74) is -2.30. The van der Waals surface area contributed by atoms with Gasteiger partial charge >= 0.3 is 5.69 Å². The van der Waals surface area contributed by atoms with Crippen LogP contribution < -0.4 is 21.6 Å². The Morgan fingerprint density at radius 3 is 2.14 bits per heavy atom. The van der Waals surface area contributed by atoms with Gasteiger partial charge in [-0.1, -0.05) is 81.4 Å². The van der Waals surface area contributed by atoms with Gasteiger partial charge in [0.2, 0.25) is 0 Å². The molecule has 8 nitrogen and oxygen atoms in total. The number of hydrogen-bond acceptors (Lipinski definition) is 6. The van der Waals surface area contributed by atoms with E-state index in [4.69, 9.17) is 13.9 Å². The first-order valence-corrected chi connectivity index (χ1v) is 14.1. The van der Waals surface area contributed by atoms with Crippen molar-refractivity contribution in [1.82, 2.24) is 9.55 Å². The van der Waals surface area contributed by atoms with Crippen LogP contribution in [0.3, 0.4) is 0 Å². The Kier molecular flexibility index (Phi) is 6.17. The maximum absolute atomic E-state index is 12.5. The molecule has 0 unspecified atom stereocenters. The topological polar surface area (TPSA) is 103 Å². The molecule has 5 atom stereocenters. The van der Waals surface area contributed by atoms with Gasteiger partial charge in [-0.15, -0.1) is 0 Å². The second-order valence-corrected chi connectivity index (χ2v) is 14.9. The number of nitrogens with zero attached hydrogens (tertiary/aromatic N) is 1. The predicted molar refractivity (Wildman–Crippen MR) is 138 cm³/mol. The van der Waals surface area contributed by atoms with Gasteiger partial charge in [-0.3, -0.25) is 14.3 Å². The number of H-pyrrole nitrogens is 1. The Morgan fingerprint density at radius 1 is 1.03 bits per heavy atom. The van der Waals surface area contributed by atoms with E-state index in [2.05, 4.69) is 50.0 Å². The Bertz CT molecular complexity index is 1300. The third-order valence-corrected chi connectivity index (χ3v) is 12.5. The summed E-state index contributed by atoms with van der Waals surface area (Å²) in [6.45, 7) is 8.48. The molecular formula is C27H32N2O6Si. The molecule has 0 amide bonds. The normalized spacial score (nSPS) is 27.9. The second-order valence-electron chi connectivity index (χ2n) is 10.6. The molecule has 5 rings (SSSR count). The molecule has 1 aromatic heterocycles. The molecule has 0 aliphatic carbocycles. The zero-order valence-corrected chi connectivity index (χ0v) is 21.9. The molecule has 2 aliphatic heterocycles. The summed E-state index contributed by atoms with van der Waals surface area (Å²) in [7, 11) is -2.90. The largest absolute Gasteiger partial charge is 0.404 e. The minimum absolute atomic E-state index is 0.0771. The van der Waals surface area contributed by atoms with Gasteiger partial charge in [-0.2, -0.15) is 0 Å². The van der Waals surface area contributed by atoms with Gasteiger partial charge in [0.15, 0.2) is 6.23 Å². The first-order valence-electron chi connectivity index (χ1n) is 12.2. The van der Waals surface area contributed by atoms with Gasteiger partial charge in [0.25, 0.3) is 13.9 Å². The van der Waals surface area contributed by atoms with E-state index >= 15 is 0 Å². The van der Waals surface area contributed by atoms with Crippen LogP contribution in [0.15, 0.2) is 82.5 Å². The summed E-state index contributed by atoms with van der Waals surface area (Å²) in [4.78, 5) is 26.3. The van der Waals surface area contributed by atoms with Crippen molar-refractivity contribution in [2.45, 2.75) is 62.9 Å². The lowest BCUT2D eigenvalue weighted by Crippen LogP contribution is -2.68. The van der Waals surface area contributed by atoms with Crippen molar-refractivity contribution in [2.75, 3.05) is 6.61 Å². The second kappa shape index (κ2) is 8.93. The molecular weight excluding hydrogens is 476 g/mol. The maximum atomic E-state index is 12.5. The molecule has 2 N–H and O–H groups in total. The van der Waals surface area contributed by atoms with Gasteiger partial charge in [-0.05, 0) is 22.3 Å². The lowest BCUT2D eigenvalue weighted by Gasteiger charge is -2.45. The Balaban J connectivity index is 1.56. The zero-order chi connectivity index (χ0) is 25.7. The first kappa shape index (κ1) is 24.9. The number of fused-ring (bicyclic) bond motifs is 2.